The number of hydrogen-bond donors (Lipinski definition) is 1. The van der Waals surface area contributed by atoms with Gasteiger partial charge >= 0.3 is 0 Å². The van der Waals surface area contributed by atoms with Crippen molar-refractivity contribution in [1.29, 1.82) is 0 Å². The van der Waals surface area contributed by atoms with Gasteiger partial charge in [-0.3, -0.25) is 4.79 Å². The number of sulfonamides is 1. The predicted molar refractivity (Wildman–Crippen MR) is 125 cm³/mol. The van der Waals surface area contributed by atoms with Crippen molar-refractivity contribution in [1.82, 2.24) is 9.21 Å². The number of carbonyl (C=O) groups excluding carboxylic acids is 1. The number of carbonyl (C=O) groups is 1. The quantitative estimate of drug-likeness (QED) is 0.604. The zero-order valence-electron chi connectivity index (χ0n) is 18.8. The SMILES string of the molecule is O=C(CNc1cccc(S(=O)(=O)N2CCOCC2)c1)N(C1CCCCC1)[C@@H]1CCS(=O)(=O)C1. The van der Waals surface area contributed by atoms with Crippen molar-refractivity contribution in [2.45, 2.75) is 55.5 Å². The van der Waals surface area contributed by atoms with E-state index in [9.17, 15) is 21.6 Å². The number of amides is 1. The highest BCUT2D eigenvalue weighted by molar-refractivity contribution is 7.91. The van der Waals surface area contributed by atoms with Crippen molar-refractivity contribution < 1.29 is 26.4 Å². The maximum atomic E-state index is 13.3. The predicted octanol–water partition coefficient (Wildman–Crippen LogP) is 1.47. The van der Waals surface area contributed by atoms with Crippen LogP contribution in [0.4, 0.5) is 5.69 Å². The van der Waals surface area contributed by atoms with E-state index in [0.717, 1.165) is 32.1 Å². The fourth-order valence-electron chi connectivity index (χ4n) is 5.03. The summed E-state index contributed by atoms with van der Waals surface area (Å²) in [5.74, 6) is 0.0244. The largest absolute Gasteiger partial charge is 0.379 e. The highest BCUT2D eigenvalue weighted by atomic mass is 32.2. The molecule has 1 saturated carbocycles. The van der Waals surface area contributed by atoms with Gasteiger partial charge in [-0.05, 0) is 37.5 Å². The van der Waals surface area contributed by atoms with Crippen LogP contribution < -0.4 is 5.32 Å². The Balaban J connectivity index is 1.45. The summed E-state index contributed by atoms with van der Waals surface area (Å²) in [6.07, 6.45) is 5.51. The van der Waals surface area contributed by atoms with E-state index in [2.05, 4.69) is 5.32 Å². The van der Waals surface area contributed by atoms with Crippen LogP contribution in [-0.2, 0) is 29.4 Å². The second-order valence-corrected chi connectivity index (χ2v) is 13.2. The van der Waals surface area contributed by atoms with E-state index >= 15 is 0 Å². The number of sulfone groups is 1. The van der Waals surface area contributed by atoms with Gasteiger partial charge in [0, 0.05) is 30.9 Å². The molecule has 0 radical (unpaired) electrons. The van der Waals surface area contributed by atoms with Crippen LogP contribution in [-0.4, -0.2) is 88.4 Å². The van der Waals surface area contributed by atoms with Gasteiger partial charge in [0.15, 0.2) is 9.84 Å². The molecule has 1 amide bonds. The number of benzene rings is 1. The lowest BCUT2D eigenvalue weighted by atomic mass is 9.93. The van der Waals surface area contributed by atoms with E-state index < -0.39 is 19.9 Å². The van der Waals surface area contributed by atoms with Crippen LogP contribution in [0.3, 0.4) is 0 Å². The lowest BCUT2D eigenvalue weighted by Crippen LogP contribution is -2.50. The van der Waals surface area contributed by atoms with Crippen LogP contribution in [0.2, 0.25) is 0 Å². The van der Waals surface area contributed by atoms with Gasteiger partial charge in [0.2, 0.25) is 15.9 Å². The first-order valence-electron chi connectivity index (χ1n) is 11.7. The van der Waals surface area contributed by atoms with Gasteiger partial charge in [-0.1, -0.05) is 25.3 Å². The summed E-state index contributed by atoms with van der Waals surface area (Å²) in [4.78, 5) is 15.3. The molecule has 1 atom stereocenters. The summed E-state index contributed by atoms with van der Waals surface area (Å²) in [5, 5.41) is 3.08. The van der Waals surface area contributed by atoms with Crippen molar-refractivity contribution in [3.63, 3.8) is 0 Å². The smallest absolute Gasteiger partial charge is 0.243 e. The number of anilines is 1. The minimum atomic E-state index is -3.63. The Hall–Kier alpha value is -1.69. The molecule has 9 nitrogen and oxygen atoms in total. The summed E-state index contributed by atoms with van der Waals surface area (Å²) in [5.41, 5.74) is 0.542. The molecule has 11 heteroatoms. The van der Waals surface area contributed by atoms with Crippen molar-refractivity contribution in [3.8, 4) is 0 Å². The highest BCUT2D eigenvalue weighted by Gasteiger charge is 2.38. The van der Waals surface area contributed by atoms with Gasteiger partial charge < -0.3 is 15.0 Å². The maximum Gasteiger partial charge on any atom is 0.243 e. The molecule has 3 aliphatic rings. The lowest BCUT2D eigenvalue weighted by molar-refractivity contribution is -0.134. The van der Waals surface area contributed by atoms with Crippen LogP contribution in [0.15, 0.2) is 29.2 Å². The van der Waals surface area contributed by atoms with E-state index in [0.29, 0.717) is 38.4 Å². The normalized spacial score (nSPS) is 24.4. The van der Waals surface area contributed by atoms with Crippen molar-refractivity contribution in [2.24, 2.45) is 0 Å². The molecule has 1 aliphatic carbocycles. The first kappa shape index (κ1) is 24.4. The van der Waals surface area contributed by atoms with Crippen LogP contribution in [0.5, 0.6) is 0 Å². The molecule has 0 aromatic heterocycles. The minimum absolute atomic E-state index is 0.00585. The Morgan fingerprint density at radius 3 is 2.48 bits per heavy atom. The third kappa shape index (κ3) is 5.87. The minimum Gasteiger partial charge on any atom is -0.379 e. The molecule has 2 aliphatic heterocycles. The Bertz CT molecular complexity index is 1050. The summed E-state index contributed by atoms with van der Waals surface area (Å²) >= 11 is 0. The molecule has 1 aromatic carbocycles. The van der Waals surface area contributed by atoms with Gasteiger partial charge in [0.05, 0.1) is 36.2 Å². The van der Waals surface area contributed by atoms with Crippen LogP contribution >= 0.6 is 0 Å². The first-order chi connectivity index (χ1) is 15.8. The summed E-state index contributed by atoms with van der Waals surface area (Å²) in [7, 11) is -6.74. The standard InChI is InChI=1S/C22H33N3O6S2/c26-22(25(19-6-2-1-3-7-19)20-9-14-32(27,28)17-20)16-23-18-5-4-8-21(15-18)33(29,30)24-10-12-31-13-11-24/h4-5,8,15,19-20,23H,1-3,6-7,9-14,16-17H2/t20-/m1/s1. The van der Waals surface area contributed by atoms with Gasteiger partial charge in [0.1, 0.15) is 0 Å². The molecule has 0 spiro atoms. The van der Waals surface area contributed by atoms with Crippen LogP contribution in [0.1, 0.15) is 38.5 Å². The molecule has 0 unspecified atom stereocenters. The topological polar surface area (TPSA) is 113 Å². The Morgan fingerprint density at radius 1 is 1.09 bits per heavy atom. The average molecular weight is 500 g/mol. The van der Waals surface area contributed by atoms with E-state index in [-0.39, 0.29) is 40.9 Å². The number of morpholine rings is 1. The average Bonchev–Trinajstić information content (AvgIpc) is 3.18. The zero-order valence-corrected chi connectivity index (χ0v) is 20.4. The summed E-state index contributed by atoms with van der Waals surface area (Å²) < 4.78 is 56.7. The number of hydrogen-bond acceptors (Lipinski definition) is 7. The van der Waals surface area contributed by atoms with Crippen LogP contribution in [0.25, 0.3) is 0 Å². The Kier molecular flexibility index (Phi) is 7.62. The molecular formula is C22H33N3O6S2. The van der Waals surface area contributed by atoms with E-state index in [1.54, 1.807) is 24.3 Å². The fraction of sp³-hybridized carbons (Fsp3) is 0.682. The zero-order chi connectivity index (χ0) is 23.5. The monoisotopic (exact) mass is 499 g/mol. The molecule has 0 bridgehead atoms. The third-order valence-corrected chi connectivity index (χ3v) is 10.4. The molecule has 2 heterocycles. The maximum absolute atomic E-state index is 13.3. The van der Waals surface area contributed by atoms with Gasteiger partial charge in [-0.25, -0.2) is 16.8 Å². The van der Waals surface area contributed by atoms with E-state index in [4.69, 9.17) is 4.74 Å². The molecule has 4 rings (SSSR count). The Morgan fingerprint density at radius 2 is 1.82 bits per heavy atom. The van der Waals surface area contributed by atoms with Crippen molar-refractivity contribution in [3.05, 3.63) is 24.3 Å². The lowest BCUT2D eigenvalue weighted by Gasteiger charge is -2.38. The molecule has 1 N–H and O–H groups in total. The number of nitrogens with one attached hydrogen (secondary N) is 1. The van der Waals surface area contributed by atoms with Crippen LogP contribution in [0, 0.1) is 0 Å². The number of nitrogens with zero attached hydrogens (tertiary/aromatic N) is 2. The third-order valence-electron chi connectivity index (χ3n) is 6.74. The molecule has 3 fully saturated rings. The highest BCUT2D eigenvalue weighted by Crippen LogP contribution is 2.29. The Labute approximate surface area is 196 Å². The molecule has 33 heavy (non-hydrogen) atoms. The summed E-state index contributed by atoms with van der Waals surface area (Å²) in [6, 6.07) is 6.28. The fourth-order valence-corrected chi connectivity index (χ4v) is 8.20. The van der Waals surface area contributed by atoms with Gasteiger partial charge in [-0.15, -0.1) is 0 Å². The van der Waals surface area contributed by atoms with Gasteiger partial charge in [0.25, 0.3) is 0 Å². The number of rotatable bonds is 7. The first-order valence-corrected chi connectivity index (χ1v) is 15.0. The van der Waals surface area contributed by atoms with Crippen molar-refractivity contribution >= 4 is 31.5 Å². The van der Waals surface area contributed by atoms with Gasteiger partial charge in [-0.2, -0.15) is 4.31 Å². The second kappa shape index (κ2) is 10.3. The molecule has 2 saturated heterocycles. The summed E-state index contributed by atoms with van der Waals surface area (Å²) in [6.45, 7) is 1.38. The number of ether oxygens (including phenoxy) is 1. The molecule has 184 valence electrons. The second-order valence-electron chi connectivity index (χ2n) is 9.05. The molecular weight excluding hydrogens is 466 g/mol. The van der Waals surface area contributed by atoms with E-state index in [1.807, 2.05) is 4.90 Å². The van der Waals surface area contributed by atoms with E-state index in [1.165, 1.54) is 4.31 Å². The van der Waals surface area contributed by atoms with Crippen molar-refractivity contribution in [2.75, 3.05) is 49.7 Å². The molecule has 1 aromatic rings.